The zero-order valence-corrected chi connectivity index (χ0v) is 13.3. The molecular formula is C13H26NO4P. The van der Waals surface area contributed by atoms with Gasteiger partial charge in [-0.2, -0.15) is 0 Å². The maximum atomic E-state index is 13.0. The summed E-state index contributed by atoms with van der Waals surface area (Å²) in [5.41, 5.74) is 0. The van der Waals surface area contributed by atoms with Gasteiger partial charge in [-0.3, -0.25) is 14.3 Å². The van der Waals surface area contributed by atoms with Crippen molar-refractivity contribution >= 4 is 13.4 Å². The molecular weight excluding hydrogens is 265 g/mol. The zero-order valence-electron chi connectivity index (χ0n) is 12.4. The standard InChI is InChI=1S/C13H26NO4P/c1-5-17-19(16,18-6-2)13(14(3)4)11-9-7-8-10-12(11)15/h11,13H,5-10H2,1-4H3/t11-,13+/m1/s1. The van der Waals surface area contributed by atoms with Gasteiger partial charge in [-0.1, -0.05) is 6.42 Å². The Morgan fingerprint density at radius 1 is 1.26 bits per heavy atom. The molecule has 0 aromatic rings. The first-order valence-corrected chi connectivity index (χ1v) is 8.65. The quantitative estimate of drug-likeness (QED) is 0.675. The van der Waals surface area contributed by atoms with Gasteiger partial charge in [0.2, 0.25) is 0 Å². The molecule has 112 valence electrons. The van der Waals surface area contributed by atoms with Crippen LogP contribution in [0.3, 0.4) is 0 Å². The molecule has 1 fully saturated rings. The SMILES string of the molecule is CCOP(=O)(OCC)[C@@H]([C@@H]1CCCCC1=O)N(C)C. The molecule has 0 bridgehead atoms. The number of nitrogens with zero attached hydrogens (tertiary/aromatic N) is 1. The number of ketones is 1. The van der Waals surface area contributed by atoms with Gasteiger partial charge < -0.3 is 9.05 Å². The molecule has 0 heterocycles. The Balaban J connectivity index is 3.02. The van der Waals surface area contributed by atoms with E-state index in [2.05, 4.69) is 0 Å². The fourth-order valence-electron chi connectivity index (χ4n) is 2.74. The second-order valence-electron chi connectivity index (χ2n) is 5.07. The lowest BCUT2D eigenvalue weighted by Gasteiger charge is -2.37. The average molecular weight is 291 g/mol. The molecule has 0 aliphatic heterocycles. The van der Waals surface area contributed by atoms with Crippen molar-refractivity contribution in [1.29, 1.82) is 0 Å². The van der Waals surface area contributed by atoms with Gasteiger partial charge in [0.05, 0.1) is 13.2 Å². The van der Waals surface area contributed by atoms with Crippen LogP contribution in [0.15, 0.2) is 0 Å². The van der Waals surface area contributed by atoms with Gasteiger partial charge in [0.25, 0.3) is 0 Å². The van der Waals surface area contributed by atoms with Crippen molar-refractivity contribution < 1.29 is 18.4 Å². The lowest BCUT2D eigenvalue weighted by molar-refractivity contribution is -0.125. The van der Waals surface area contributed by atoms with E-state index in [-0.39, 0.29) is 11.7 Å². The summed E-state index contributed by atoms with van der Waals surface area (Å²) in [4.78, 5) is 14.0. The molecule has 0 amide bonds. The third kappa shape index (κ3) is 4.12. The lowest BCUT2D eigenvalue weighted by atomic mass is 9.87. The Hall–Kier alpha value is -0.220. The average Bonchev–Trinajstić information content (AvgIpc) is 2.32. The number of Topliss-reactive ketones (excluding diaryl/α,β-unsaturated/α-hetero) is 1. The maximum absolute atomic E-state index is 13.0. The summed E-state index contributed by atoms with van der Waals surface area (Å²) < 4.78 is 23.8. The molecule has 5 nitrogen and oxygen atoms in total. The van der Waals surface area contributed by atoms with Crippen LogP contribution in [0.5, 0.6) is 0 Å². The van der Waals surface area contributed by atoms with Gasteiger partial charge >= 0.3 is 7.60 Å². The first-order chi connectivity index (χ1) is 8.96. The third-order valence-corrected chi connectivity index (χ3v) is 6.14. The van der Waals surface area contributed by atoms with Crippen molar-refractivity contribution in [2.75, 3.05) is 27.3 Å². The molecule has 0 spiro atoms. The van der Waals surface area contributed by atoms with Crippen molar-refractivity contribution in [3.05, 3.63) is 0 Å². The summed E-state index contributed by atoms with van der Waals surface area (Å²) >= 11 is 0. The van der Waals surface area contributed by atoms with Gasteiger partial charge in [-0.05, 0) is 40.8 Å². The van der Waals surface area contributed by atoms with Crippen LogP contribution < -0.4 is 0 Å². The van der Waals surface area contributed by atoms with Crippen molar-refractivity contribution in [2.24, 2.45) is 5.92 Å². The first-order valence-electron chi connectivity index (χ1n) is 7.04. The van der Waals surface area contributed by atoms with E-state index in [4.69, 9.17) is 9.05 Å². The summed E-state index contributed by atoms with van der Waals surface area (Å²) in [6.45, 7) is 4.23. The number of hydrogen-bond donors (Lipinski definition) is 0. The summed E-state index contributed by atoms with van der Waals surface area (Å²) in [5.74, 6) is -0.530. The normalized spacial score (nSPS) is 22.8. The summed E-state index contributed by atoms with van der Waals surface area (Å²) in [5, 5.41) is 0. The Bertz CT molecular complexity index is 336. The lowest BCUT2D eigenvalue weighted by Crippen LogP contribution is -2.41. The minimum atomic E-state index is -3.29. The number of rotatable bonds is 7. The Morgan fingerprint density at radius 3 is 2.26 bits per heavy atom. The van der Waals surface area contributed by atoms with E-state index < -0.39 is 13.4 Å². The highest BCUT2D eigenvalue weighted by molar-refractivity contribution is 7.54. The monoisotopic (exact) mass is 291 g/mol. The molecule has 1 aliphatic carbocycles. The minimum Gasteiger partial charge on any atom is -0.308 e. The smallest absolute Gasteiger partial charge is 0.308 e. The number of carbonyl (C=O) groups is 1. The molecule has 19 heavy (non-hydrogen) atoms. The van der Waals surface area contributed by atoms with E-state index >= 15 is 0 Å². The van der Waals surface area contributed by atoms with E-state index in [0.717, 1.165) is 19.3 Å². The van der Waals surface area contributed by atoms with Gasteiger partial charge in [0.1, 0.15) is 11.6 Å². The zero-order chi connectivity index (χ0) is 14.5. The highest BCUT2D eigenvalue weighted by Crippen LogP contribution is 2.57. The van der Waals surface area contributed by atoms with Crippen LogP contribution in [0.4, 0.5) is 0 Å². The fourth-order valence-corrected chi connectivity index (χ4v) is 5.16. The van der Waals surface area contributed by atoms with Crippen LogP contribution in [-0.4, -0.2) is 43.8 Å². The van der Waals surface area contributed by atoms with Gasteiger partial charge in [-0.15, -0.1) is 0 Å². The predicted molar refractivity (Wildman–Crippen MR) is 75.3 cm³/mol. The molecule has 0 saturated heterocycles. The third-order valence-electron chi connectivity index (χ3n) is 3.43. The first kappa shape index (κ1) is 16.8. The minimum absolute atomic E-state index is 0.185. The highest BCUT2D eigenvalue weighted by atomic mass is 31.2. The van der Waals surface area contributed by atoms with E-state index in [1.807, 2.05) is 19.0 Å². The summed E-state index contributed by atoms with van der Waals surface area (Å²) in [7, 11) is 0.375. The highest BCUT2D eigenvalue weighted by Gasteiger charge is 2.45. The second kappa shape index (κ2) is 7.53. The number of carbonyl (C=O) groups excluding carboxylic acids is 1. The topological polar surface area (TPSA) is 55.8 Å². The van der Waals surface area contributed by atoms with E-state index in [1.165, 1.54) is 0 Å². The largest absolute Gasteiger partial charge is 0.348 e. The van der Waals surface area contributed by atoms with Crippen molar-refractivity contribution in [2.45, 2.75) is 45.3 Å². The van der Waals surface area contributed by atoms with Crippen LogP contribution in [0, 0.1) is 5.92 Å². The Morgan fingerprint density at radius 2 is 1.84 bits per heavy atom. The fraction of sp³-hybridized carbons (Fsp3) is 0.923. The predicted octanol–water partition coefficient (Wildman–Crippen LogP) is 2.90. The van der Waals surface area contributed by atoms with Crippen LogP contribution in [-0.2, 0) is 18.4 Å². The molecule has 0 aromatic heterocycles. The van der Waals surface area contributed by atoms with Crippen molar-refractivity contribution in [3.63, 3.8) is 0 Å². The summed E-state index contributed by atoms with van der Waals surface area (Å²) in [6, 6.07) is 0. The van der Waals surface area contributed by atoms with Gasteiger partial charge in [0.15, 0.2) is 0 Å². The Kier molecular flexibility index (Phi) is 6.67. The maximum Gasteiger partial charge on any atom is 0.348 e. The summed E-state index contributed by atoms with van der Waals surface area (Å²) in [6.07, 6.45) is 3.28. The molecule has 1 aliphatic rings. The van der Waals surface area contributed by atoms with Gasteiger partial charge in [-0.25, -0.2) is 0 Å². The molecule has 1 saturated carbocycles. The molecule has 0 unspecified atom stereocenters. The molecule has 0 aromatic carbocycles. The van der Waals surface area contributed by atoms with Crippen LogP contribution >= 0.6 is 7.60 Å². The molecule has 2 atom stereocenters. The molecule has 0 radical (unpaired) electrons. The van der Waals surface area contributed by atoms with Crippen molar-refractivity contribution in [1.82, 2.24) is 4.90 Å². The Labute approximate surface area is 116 Å². The second-order valence-corrected chi connectivity index (χ2v) is 7.20. The molecule has 0 N–H and O–H groups in total. The van der Waals surface area contributed by atoms with E-state index in [1.54, 1.807) is 13.8 Å². The van der Waals surface area contributed by atoms with E-state index in [0.29, 0.717) is 19.6 Å². The molecule has 1 rings (SSSR count). The van der Waals surface area contributed by atoms with Gasteiger partial charge in [0, 0.05) is 12.3 Å². The van der Waals surface area contributed by atoms with Crippen molar-refractivity contribution in [3.8, 4) is 0 Å². The molecule has 6 heteroatoms. The van der Waals surface area contributed by atoms with Crippen LogP contribution in [0.1, 0.15) is 39.5 Å². The van der Waals surface area contributed by atoms with Crippen LogP contribution in [0.25, 0.3) is 0 Å². The van der Waals surface area contributed by atoms with Crippen LogP contribution in [0.2, 0.25) is 0 Å². The van der Waals surface area contributed by atoms with E-state index in [9.17, 15) is 9.36 Å². The number of hydrogen-bond acceptors (Lipinski definition) is 5.